The van der Waals surface area contributed by atoms with Crippen LogP contribution in [0.3, 0.4) is 0 Å². The summed E-state index contributed by atoms with van der Waals surface area (Å²) in [5, 5.41) is 3.72. The summed E-state index contributed by atoms with van der Waals surface area (Å²) in [7, 11) is -4.17. The molecule has 1 heterocycles. The van der Waals surface area contributed by atoms with Crippen molar-refractivity contribution >= 4 is 27.2 Å². The minimum Gasteiger partial charge on any atom is -0.379 e. The minimum atomic E-state index is -4.51. The molecule has 1 aromatic heterocycles. The van der Waals surface area contributed by atoms with Gasteiger partial charge in [-0.2, -0.15) is 32.9 Å². The number of carbonyl (C=O) groups excluding carboxylic acids is 1. The van der Waals surface area contributed by atoms with E-state index in [9.17, 15) is 26.4 Å². The number of alkyl halides is 3. The number of rotatable bonds is 8. The van der Waals surface area contributed by atoms with Crippen LogP contribution in [-0.4, -0.2) is 14.2 Å². The average molecular weight is 517 g/mol. The van der Waals surface area contributed by atoms with Gasteiger partial charge in [0.15, 0.2) is 0 Å². The van der Waals surface area contributed by atoms with Crippen LogP contribution in [-0.2, 0) is 33.9 Å². The third kappa shape index (κ3) is 6.17. The highest BCUT2D eigenvalue weighted by Crippen LogP contribution is 2.31. The van der Waals surface area contributed by atoms with Crippen molar-refractivity contribution in [1.82, 2.24) is 0 Å². The second-order valence-electron chi connectivity index (χ2n) is 7.77. The number of Topliss-reactive ketones (excluding diaryl/α,β-unsaturated/α-hetero) is 1. The Kier molecular flexibility index (Phi) is 7.09. The van der Waals surface area contributed by atoms with Crippen LogP contribution in [0.5, 0.6) is 5.75 Å². The molecule has 180 valence electrons. The van der Waals surface area contributed by atoms with Crippen molar-refractivity contribution in [2.24, 2.45) is 0 Å². The standard InChI is InChI=1S/C26H19F3O4S2/c27-26(28,29)21-6-4-5-18(13-21)14-22(30)15-20-16-24(9-10-25(20)19-11-12-34-17-19)35(31,32)33-23-7-2-1-3-8-23/h1-13,16-17H,14-15H2. The number of ketones is 1. The van der Waals surface area contributed by atoms with E-state index in [1.165, 1.54) is 47.7 Å². The van der Waals surface area contributed by atoms with E-state index in [1.807, 2.05) is 16.8 Å². The van der Waals surface area contributed by atoms with Crippen molar-refractivity contribution in [3.63, 3.8) is 0 Å². The number of carbonyl (C=O) groups is 1. The molecule has 0 amide bonds. The van der Waals surface area contributed by atoms with Crippen LogP contribution in [0.2, 0.25) is 0 Å². The Morgan fingerprint density at radius 1 is 0.886 bits per heavy atom. The van der Waals surface area contributed by atoms with E-state index >= 15 is 0 Å². The summed E-state index contributed by atoms with van der Waals surface area (Å²) in [4.78, 5) is 12.7. The number of benzene rings is 3. The molecule has 0 aliphatic carbocycles. The molecule has 4 nitrogen and oxygen atoms in total. The van der Waals surface area contributed by atoms with Crippen LogP contribution in [0.4, 0.5) is 13.2 Å². The highest BCUT2D eigenvalue weighted by molar-refractivity contribution is 7.87. The molecule has 0 bridgehead atoms. The molecule has 0 saturated carbocycles. The summed E-state index contributed by atoms with van der Waals surface area (Å²) in [5.74, 6) is -0.198. The molecule has 35 heavy (non-hydrogen) atoms. The molecule has 9 heteroatoms. The summed E-state index contributed by atoms with van der Waals surface area (Å²) in [6.07, 6.45) is -4.88. The first kappa shape index (κ1) is 24.7. The molecule has 0 unspecified atom stereocenters. The maximum Gasteiger partial charge on any atom is 0.416 e. The Bertz CT molecular complexity index is 1430. The Balaban J connectivity index is 1.63. The summed E-state index contributed by atoms with van der Waals surface area (Å²) < 4.78 is 70.0. The van der Waals surface area contributed by atoms with Gasteiger partial charge in [0.25, 0.3) is 0 Å². The summed E-state index contributed by atoms with van der Waals surface area (Å²) >= 11 is 1.45. The van der Waals surface area contributed by atoms with Gasteiger partial charge in [-0.25, -0.2) is 0 Å². The number of hydrogen-bond acceptors (Lipinski definition) is 5. The van der Waals surface area contributed by atoms with Gasteiger partial charge in [0.2, 0.25) is 0 Å². The Labute approximate surface area is 204 Å². The molecule has 4 rings (SSSR count). The van der Waals surface area contributed by atoms with Crippen LogP contribution >= 0.6 is 11.3 Å². The van der Waals surface area contributed by atoms with Crippen molar-refractivity contribution in [1.29, 1.82) is 0 Å². The summed E-state index contributed by atoms with van der Waals surface area (Å²) in [6, 6.07) is 18.9. The van der Waals surface area contributed by atoms with Gasteiger partial charge in [0.05, 0.1) is 5.56 Å². The molecule has 0 saturated heterocycles. The van der Waals surface area contributed by atoms with E-state index in [4.69, 9.17) is 4.18 Å². The van der Waals surface area contributed by atoms with E-state index in [-0.39, 0.29) is 34.8 Å². The lowest BCUT2D eigenvalue weighted by Crippen LogP contribution is -2.12. The van der Waals surface area contributed by atoms with Gasteiger partial charge in [-0.3, -0.25) is 4.79 Å². The van der Waals surface area contributed by atoms with Crippen LogP contribution in [0.15, 0.2) is 94.5 Å². The van der Waals surface area contributed by atoms with Crippen LogP contribution in [0.1, 0.15) is 16.7 Å². The normalized spacial score (nSPS) is 11.9. The fourth-order valence-electron chi connectivity index (χ4n) is 3.58. The van der Waals surface area contributed by atoms with Gasteiger partial charge < -0.3 is 4.18 Å². The zero-order chi connectivity index (χ0) is 25.1. The molecule has 0 N–H and O–H groups in total. The van der Waals surface area contributed by atoms with E-state index in [2.05, 4.69) is 0 Å². The first-order valence-electron chi connectivity index (χ1n) is 10.4. The van der Waals surface area contributed by atoms with E-state index in [1.54, 1.807) is 24.3 Å². The summed E-state index contributed by atoms with van der Waals surface area (Å²) in [5.41, 5.74) is 1.33. The Hall–Kier alpha value is -3.43. The molecule has 0 aliphatic heterocycles. The number of thiophene rings is 1. The predicted molar refractivity (Wildman–Crippen MR) is 128 cm³/mol. The zero-order valence-electron chi connectivity index (χ0n) is 18.2. The number of halogens is 3. The highest BCUT2D eigenvalue weighted by Gasteiger charge is 2.30. The first-order chi connectivity index (χ1) is 16.6. The molecule has 0 fully saturated rings. The van der Waals surface area contributed by atoms with Crippen molar-refractivity contribution in [3.8, 4) is 16.9 Å². The molecule has 0 radical (unpaired) electrons. The highest BCUT2D eigenvalue weighted by atomic mass is 32.2. The quantitative estimate of drug-likeness (QED) is 0.249. The van der Waals surface area contributed by atoms with Crippen LogP contribution in [0.25, 0.3) is 11.1 Å². The molecule has 0 spiro atoms. The SMILES string of the molecule is O=C(Cc1cccc(C(F)(F)F)c1)Cc1cc(S(=O)(=O)Oc2ccccc2)ccc1-c1ccsc1. The minimum absolute atomic E-state index is 0.123. The maximum atomic E-state index is 13.0. The predicted octanol–water partition coefficient (Wildman–Crippen LogP) is 6.56. The van der Waals surface area contributed by atoms with Gasteiger partial charge in [-0.05, 0) is 69.4 Å². The van der Waals surface area contributed by atoms with Gasteiger partial charge in [-0.15, -0.1) is 0 Å². The second kappa shape index (κ2) is 10.1. The topological polar surface area (TPSA) is 60.4 Å². The summed E-state index contributed by atoms with van der Waals surface area (Å²) in [6.45, 7) is 0. The van der Waals surface area contributed by atoms with Crippen molar-refractivity contribution < 1.29 is 30.6 Å². The maximum absolute atomic E-state index is 13.0. The lowest BCUT2D eigenvalue weighted by molar-refractivity contribution is -0.137. The molecular formula is C26H19F3O4S2. The fourth-order valence-corrected chi connectivity index (χ4v) is 5.22. The van der Waals surface area contributed by atoms with E-state index in [0.717, 1.165) is 17.7 Å². The van der Waals surface area contributed by atoms with E-state index < -0.39 is 21.9 Å². The van der Waals surface area contributed by atoms with Crippen LogP contribution < -0.4 is 4.18 Å². The Morgan fingerprint density at radius 2 is 1.66 bits per heavy atom. The average Bonchev–Trinajstić information content (AvgIpc) is 3.34. The van der Waals surface area contributed by atoms with Gasteiger partial charge in [-0.1, -0.05) is 42.5 Å². The lowest BCUT2D eigenvalue weighted by atomic mass is 9.95. The fraction of sp³-hybridized carbons (Fsp3) is 0.115. The van der Waals surface area contributed by atoms with Crippen LogP contribution in [0, 0.1) is 0 Å². The molecular weight excluding hydrogens is 497 g/mol. The molecule has 4 aromatic rings. The zero-order valence-corrected chi connectivity index (χ0v) is 19.8. The van der Waals surface area contributed by atoms with Crippen molar-refractivity contribution in [2.75, 3.05) is 0 Å². The van der Waals surface area contributed by atoms with Crippen molar-refractivity contribution in [3.05, 3.63) is 106 Å². The molecule has 0 aliphatic rings. The van der Waals surface area contributed by atoms with Gasteiger partial charge >= 0.3 is 16.3 Å². The second-order valence-corrected chi connectivity index (χ2v) is 10.1. The van der Waals surface area contributed by atoms with Crippen molar-refractivity contribution in [2.45, 2.75) is 23.9 Å². The smallest absolute Gasteiger partial charge is 0.379 e. The third-order valence-corrected chi connectivity index (χ3v) is 7.12. The monoisotopic (exact) mass is 516 g/mol. The van der Waals surface area contributed by atoms with Gasteiger partial charge in [0, 0.05) is 12.8 Å². The lowest BCUT2D eigenvalue weighted by Gasteiger charge is -2.13. The molecule has 3 aromatic carbocycles. The number of para-hydroxylation sites is 1. The Morgan fingerprint density at radius 3 is 2.34 bits per heavy atom. The van der Waals surface area contributed by atoms with Gasteiger partial charge in [0.1, 0.15) is 16.4 Å². The molecule has 0 atom stereocenters. The van der Waals surface area contributed by atoms with E-state index in [0.29, 0.717) is 11.1 Å². The number of hydrogen-bond donors (Lipinski definition) is 0. The third-order valence-electron chi connectivity index (χ3n) is 5.19. The largest absolute Gasteiger partial charge is 0.416 e. The first-order valence-corrected chi connectivity index (χ1v) is 12.8.